The van der Waals surface area contributed by atoms with Gasteiger partial charge in [-0.3, -0.25) is 4.98 Å². The van der Waals surface area contributed by atoms with Gasteiger partial charge in [-0.15, -0.1) is 0 Å². The zero-order valence-electron chi connectivity index (χ0n) is 21.6. The lowest BCUT2D eigenvalue weighted by Gasteiger charge is -2.36. The van der Waals surface area contributed by atoms with Crippen LogP contribution < -0.4 is 10.5 Å². The van der Waals surface area contributed by atoms with Gasteiger partial charge < -0.3 is 20.3 Å². The SMILES string of the molecule is C[C@H]1C[C@@H](c2ccncc2Cc2ncc3ccc(-c4c(F)cc(OC5CCOC5)cc4F)nn23)C[C@@H](N)[C@H]1O. The van der Waals surface area contributed by atoms with E-state index < -0.39 is 17.7 Å². The van der Waals surface area contributed by atoms with E-state index in [2.05, 4.69) is 15.1 Å². The molecule has 4 heterocycles. The van der Waals surface area contributed by atoms with Crippen molar-refractivity contribution in [2.24, 2.45) is 11.7 Å². The van der Waals surface area contributed by atoms with Crippen LogP contribution in [0.2, 0.25) is 0 Å². The van der Waals surface area contributed by atoms with Gasteiger partial charge in [0.1, 0.15) is 29.3 Å². The maximum Gasteiger partial charge on any atom is 0.139 e. The van der Waals surface area contributed by atoms with Crippen LogP contribution in [0.5, 0.6) is 5.75 Å². The molecule has 3 N–H and O–H groups in total. The maximum atomic E-state index is 15.1. The fraction of sp³-hybridized carbons (Fsp3) is 0.414. The third-order valence-electron chi connectivity index (χ3n) is 7.88. The third-order valence-corrected chi connectivity index (χ3v) is 7.88. The predicted molar refractivity (Wildman–Crippen MR) is 140 cm³/mol. The Morgan fingerprint density at radius 2 is 1.97 bits per heavy atom. The number of ether oxygens (including phenoxy) is 2. The largest absolute Gasteiger partial charge is 0.488 e. The molecular weight excluding hydrogens is 504 g/mol. The van der Waals surface area contributed by atoms with Crippen LogP contribution in [0.3, 0.4) is 0 Å². The van der Waals surface area contributed by atoms with Crippen molar-refractivity contribution in [2.75, 3.05) is 13.2 Å². The number of hydrogen-bond donors (Lipinski definition) is 2. The average Bonchev–Trinajstić information content (AvgIpc) is 3.57. The van der Waals surface area contributed by atoms with Crippen LogP contribution in [-0.2, 0) is 11.2 Å². The molecule has 204 valence electrons. The average molecular weight is 536 g/mol. The molecule has 1 saturated heterocycles. The first-order valence-electron chi connectivity index (χ1n) is 13.3. The van der Waals surface area contributed by atoms with E-state index in [-0.39, 0.29) is 41.0 Å². The molecule has 1 unspecified atom stereocenters. The molecule has 2 aliphatic rings. The molecule has 10 heteroatoms. The molecule has 0 amide bonds. The van der Waals surface area contributed by atoms with Gasteiger partial charge in [-0.05, 0) is 54.0 Å². The van der Waals surface area contributed by atoms with E-state index >= 15 is 8.78 Å². The Balaban J connectivity index is 1.30. The predicted octanol–water partition coefficient (Wildman–Crippen LogP) is 4.03. The summed E-state index contributed by atoms with van der Waals surface area (Å²) in [5, 5.41) is 14.9. The van der Waals surface area contributed by atoms with Gasteiger partial charge in [-0.2, -0.15) is 5.10 Å². The molecule has 6 rings (SSSR count). The highest BCUT2D eigenvalue weighted by Crippen LogP contribution is 2.37. The number of aliphatic hydroxyl groups is 1. The minimum absolute atomic E-state index is 0.0873. The van der Waals surface area contributed by atoms with Gasteiger partial charge in [0.25, 0.3) is 0 Å². The van der Waals surface area contributed by atoms with Gasteiger partial charge in [0.05, 0.1) is 42.3 Å². The molecule has 1 saturated carbocycles. The summed E-state index contributed by atoms with van der Waals surface area (Å²) in [6.45, 7) is 2.99. The summed E-state index contributed by atoms with van der Waals surface area (Å²) < 4.78 is 42.9. The summed E-state index contributed by atoms with van der Waals surface area (Å²) in [6.07, 6.45) is 7.15. The van der Waals surface area contributed by atoms with E-state index in [1.165, 1.54) is 12.1 Å². The van der Waals surface area contributed by atoms with Crippen LogP contribution in [-0.4, -0.2) is 56.2 Å². The normalized spacial score (nSPS) is 25.3. The standard InChI is InChI=1S/C29H31F2N5O3/c1-16-8-17(9-25(32)29(16)37)22-4-6-33-13-18(22)10-27-34-14-19-2-3-26(35-36(19)27)28-23(30)11-21(12-24(28)31)39-20-5-7-38-15-20/h2-4,6,11-14,16-17,20,25,29,37H,5,7-10,15,32H2,1H3/t16-,17+,20?,25+,29-/m0/s1. The molecule has 2 fully saturated rings. The lowest BCUT2D eigenvalue weighted by Crippen LogP contribution is -2.44. The molecule has 1 aromatic carbocycles. The number of benzene rings is 1. The summed E-state index contributed by atoms with van der Waals surface area (Å²) >= 11 is 0. The maximum absolute atomic E-state index is 15.1. The van der Waals surface area contributed by atoms with E-state index in [0.29, 0.717) is 43.8 Å². The number of pyridine rings is 1. The number of imidazole rings is 1. The van der Waals surface area contributed by atoms with Gasteiger partial charge >= 0.3 is 0 Å². The number of fused-ring (bicyclic) bond motifs is 1. The van der Waals surface area contributed by atoms with E-state index in [1.807, 2.05) is 19.2 Å². The Labute approximate surface area is 224 Å². The fourth-order valence-corrected chi connectivity index (χ4v) is 5.83. The number of nitrogens with two attached hydrogens (primary N) is 1. The number of aromatic nitrogens is 4. The van der Waals surface area contributed by atoms with Gasteiger partial charge in [-0.25, -0.2) is 18.3 Å². The molecule has 8 nitrogen and oxygen atoms in total. The van der Waals surface area contributed by atoms with E-state index in [4.69, 9.17) is 15.2 Å². The molecule has 39 heavy (non-hydrogen) atoms. The van der Waals surface area contributed by atoms with Crippen molar-refractivity contribution < 1.29 is 23.4 Å². The van der Waals surface area contributed by atoms with Crippen molar-refractivity contribution in [3.8, 4) is 17.0 Å². The molecule has 1 aliphatic heterocycles. The van der Waals surface area contributed by atoms with Gasteiger partial charge in [0.15, 0.2) is 0 Å². The number of rotatable bonds is 6. The molecule has 1 aliphatic carbocycles. The van der Waals surface area contributed by atoms with Crippen LogP contribution in [0.15, 0.2) is 48.9 Å². The first kappa shape index (κ1) is 25.8. The van der Waals surface area contributed by atoms with Gasteiger partial charge in [0.2, 0.25) is 0 Å². The second kappa shape index (κ2) is 10.6. The Kier molecular flexibility index (Phi) is 7.01. The summed E-state index contributed by atoms with van der Waals surface area (Å²) in [4.78, 5) is 8.89. The Morgan fingerprint density at radius 3 is 2.72 bits per heavy atom. The van der Waals surface area contributed by atoms with Crippen LogP contribution in [0, 0.1) is 17.6 Å². The highest BCUT2D eigenvalue weighted by Gasteiger charge is 2.34. The summed E-state index contributed by atoms with van der Waals surface area (Å²) in [5.41, 5.74) is 8.97. The Bertz CT molecular complexity index is 1450. The first-order valence-corrected chi connectivity index (χ1v) is 13.3. The van der Waals surface area contributed by atoms with E-state index in [0.717, 1.165) is 17.5 Å². The number of nitrogens with zero attached hydrogens (tertiary/aromatic N) is 4. The lowest BCUT2D eigenvalue weighted by atomic mass is 9.74. The number of aliphatic hydroxyl groups excluding tert-OH is 1. The molecule has 0 bridgehead atoms. The molecule has 4 aromatic rings. The van der Waals surface area contributed by atoms with E-state index in [1.54, 1.807) is 29.0 Å². The summed E-state index contributed by atoms with van der Waals surface area (Å²) in [6, 6.07) is 7.41. The topological polar surface area (TPSA) is 108 Å². The monoisotopic (exact) mass is 535 g/mol. The van der Waals surface area contributed by atoms with Crippen molar-refractivity contribution >= 4 is 5.52 Å². The van der Waals surface area contributed by atoms with Crippen LogP contribution in [0.4, 0.5) is 8.78 Å². The minimum Gasteiger partial charge on any atom is -0.488 e. The summed E-state index contributed by atoms with van der Waals surface area (Å²) in [5.74, 6) is -0.484. The Morgan fingerprint density at radius 1 is 1.15 bits per heavy atom. The van der Waals surface area contributed by atoms with Crippen molar-refractivity contribution in [2.45, 2.75) is 56.8 Å². The lowest BCUT2D eigenvalue weighted by molar-refractivity contribution is 0.0519. The fourth-order valence-electron chi connectivity index (χ4n) is 5.83. The van der Waals surface area contributed by atoms with Gasteiger partial charge in [0, 0.05) is 43.4 Å². The molecule has 0 radical (unpaired) electrons. The van der Waals surface area contributed by atoms with Crippen molar-refractivity contribution in [3.63, 3.8) is 0 Å². The molecule has 5 atom stereocenters. The quantitative estimate of drug-likeness (QED) is 0.384. The first-order chi connectivity index (χ1) is 18.9. The third kappa shape index (κ3) is 5.11. The van der Waals surface area contributed by atoms with Gasteiger partial charge in [-0.1, -0.05) is 6.92 Å². The van der Waals surface area contributed by atoms with Crippen molar-refractivity contribution in [3.05, 3.63) is 77.5 Å². The Hall–Kier alpha value is -3.47. The van der Waals surface area contributed by atoms with Crippen LogP contribution >= 0.6 is 0 Å². The van der Waals surface area contributed by atoms with E-state index in [9.17, 15) is 5.11 Å². The minimum atomic E-state index is -0.753. The highest BCUT2D eigenvalue weighted by atomic mass is 19.1. The zero-order valence-corrected chi connectivity index (χ0v) is 21.6. The highest BCUT2D eigenvalue weighted by molar-refractivity contribution is 5.64. The number of hydrogen-bond acceptors (Lipinski definition) is 7. The number of halogens is 2. The molecule has 0 spiro atoms. The molecular formula is C29H31F2N5O3. The van der Waals surface area contributed by atoms with Crippen LogP contribution in [0.1, 0.15) is 49.1 Å². The van der Waals surface area contributed by atoms with Crippen molar-refractivity contribution in [1.82, 2.24) is 19.6 Å². The second-order valence-electron chi connectivity index (χ2n) is 10.6. The van der Waals surface area contributed by atoms with Crippen LogP contribution in [0.25, 0.3) is 16.8 Å². The van der Waals surface area contributed by atoms with Crippen molar-refractivity contribution in [1.29, 1.82) is 0 Å². The smallest absolute Gasteiger partial charge is 0.139 e. The second-order valence-corrected chi connectivity index (χ2v) is 10.6. The summed E-state index contributed by atoms with van der Waals surface area (Å²) in [7, 11) is 0. The molecule has 3 aromatic heterocycles. The zero-order chi connectivity index (χ0) is 27.1.